The molecule has 68 valence electrons. The van der Waals surface area contributed by atoms with Gasteiger partial charge in [-0.3, -0.25) is 9.59 Å². The molecule has 1 rings (SSSR count). The minimum absolute atomic E-state index is 0.0990. The zero-order valence-electron chi connectivity index (χ0n) is 6.80. The average Bonchev–Trinajstić information content (AvgIpc) is 2.02. The molecular weight excluding hydrogens is 239 g/mol. The van der Waals surface area contributed by atoms with Crippen LogP contribution in [0.2, 0.25) is 0 Å². The summed E-state index contributed by atoms with van der Waals surface area (Å²) in [4.78, 5) is 21.5. The fraction of sp³-hybridized carbons (Fsp3) is 0.111. The van der Waals surface area contributed by atoms with Crippen LogP contribution in [0, 0.1) is 5.82 Å². The van der Waals surface area contributed by atoms with Crippen molar-refractivity contribution in [2.24, 2.45) is 0 Å². The summed E-state index contributed by atoms with van der Waals surface area (Å²) >= 11 is 3.00. The van der Waals surface area contributed by atoms with Gasteiger partial charge in [0.05, 0.1) is 0 Å². The minimum Gasteiger partial charge on any atom is -0.298 e. The molecule has 0 aliphatic carbocycles. The zero-order chi connectivity index (χ0) is 10.0. The molecule has 0 aliphatic heterocycles. The topological polar surface area (TPSA) is 34.1 Å². The second-order valence-corrected chi connectivity index (χ2v) is 3.38. The van der Waals surface area contributed by atoms with Gasteiger partial charge in [-0.1, -0.05) is 0 Å². The lowest BCUT2D eigenvalue weighted by Crippen LogP contribution is -2.00. The summed E-state index contributed by atoms with van der Waals surface area (Å²) in [5.41, 5.74) is 0.288. The smallest absolute Gasteiger partial charge is 0.160 e. The van der Waals surface area contributed by atoms with Crippen LogP contribution in [-0.2, 0) is 0 Å². The van der Waals surface area contributed by atoms with Crippen LogP contribution in [-0.4, -0.2) is 12.1 Å². The molecule has 1 aromatic carbocycles. The summed E-state index contributed by atoms with van der Waals surface area (Å²) in [6, 6.07) is 2.20. The second kappa shape index (κ2) is 3.79. The Labute approximate surface area is 82.9 Å². The van der Waals surface area contributed by atoms with Crippen LogP contribution in [0.25, 0.3) is 0 Å². The monoisotopic (exact) mass is 244 g/mol. The molecule has 0 unspecified atom stereocenters. The SMILES string of the molecule is CC(=O)c1cc(F)cc(Br)c1C=O. The molecule has 0 saturated heterocycles. The summed E-state index contributed by atoms with van der Waals surface area (Å²) in [5, 5.41) is 0. The molecule has 0 heterocycles. The first-order chi connectivity index (χ1) is 6.06. The van der Waals surface area contributed by atoms with E-state index in [9.17, 15) is 14.0 Å². The summed E-state index contributed by atoms with van der Waals surface area (Å²) < 4.78 is 13.1. The first kappa shape index (κ1) is 10.1. The lowest BCUT2D eigenvalue weighted by Gasteiger charge is -2.02. The Morgan fingerprint density at radius 3 is 2.62 bits per heavy atom. The molecule has 0 spiro atoms. The van der Waals surface area contributed by atoms with Gasteiger partial charge in [-0.2, -0.15) is 0 Å². The number of hydrogen-bond donors (Lipinski definition) is 0. The van der Waals surface area contributed by atoms with E-state index in [0.29, 0.717) is 10.8 Å². The van der Waals surface area contributed by atoms with Crippen molar-refractivity contribution < 1.29 is 14.0 Å². The average molecular weight is 245 g/mol. The number of ketones is 1. The molecule has 0 amide bonds. The number of benzene rings is 1. The van der Waals surface area contributed by atoms with Gasteiger partial charge < -0.3 is 0 Å². The van der Waals surface area contributed by atoms with Crippen molar-refractivity contribution in [3.05, 3.63) is 33.5 Å². The predicted octanol–water partition coefficient (Wildman–Crippen LogP) is 2.60. The lowest BCUT2D eigenvalue weighted by molar-refractivity contribution is 0.100. The Bertz CT molecular complexity index is 374. The Morgan fingerprint density at radius 1 is 1.54 bits per heavy atom. The number of carbonyl (C=O) groups excluding carboxylic acids is 2. The van der Waals surface area contributed by atoms with Gasteiger partial charge >= 0.3 is 0 Å². The predicted molar refractivity (Wildman–Crippen MR) is 49.5 cm³/mol. The minimum atomic E-state index is -0.539. The van der Waals surface area contributed by atoms with Crippen LogP contribution in [0.15, 0.2) is 16.6 Å². The lowest BCUT2D eigenvalue weighted by atomic mass is 10.1. The van der Waals surface area contributed by atoms with Crippen molar-refractivity contribution in [2.45, 2.75) is 6.92 Å². The van der Waals surface area contributed by atoms with E-state index in [-0.39, 0.29) is 16.9 Å². The maximum absolute atomic E-state index is 12.8. The van der Waals surface area contributed by atoms with Crippen LogP contribution in [0.5, 0.6) is 0 Å². The number of halogens is 2. The molecule has 4 heteroatoms. The van der Waals surface area contributed by atoms with Crippen LogP contribution >= 0.6 is 15.9 Å². The molecular formula is C9H6BrFO2. The van der Waals surface area contributed by atoms with E-state index in [0.717, 1.165) is 12.1 Å². The fourth-order valence-corrected chi connectivity index (χ4v) is 1.52. The van der Waals surface area contributed by atoms with Crippen LogP contribution in [0.1, 0.15) is 27.6 Å². The summed E-state index contributed by atoms with van der Waals surface area (Å²) in [5.74, 6) is -0.870. The quantitative estimate of drug-likeness (QED) is 0.592. The van der Waals surface area contributed by atoms with Crippen molar-refractivity contribution in [1.29, 1.82) is 0 Å². The number of Topliss-reactive ketones (excluding diaryl/α,β-unsaturated/α-hetero) is 1. The third-order valence-electron chi connectivity index (χ3n) is 1.59. The first-order valence-electron chi connectivity index (χ1n) is 3.51. The number of rotatable bonds is 2. The van der Waals surface area contributed by atoms with Crippen molar-refractivity contribution in [3.8, 4) is 0 Å². The van der Waals surface area contributed by atoms with Crippen molar-refractivity contribution in [2.75, 3.05) is 0 Å². The van der Waals surface area contributed by atoms with E-state index in [1.165, 1.54) is 6.92 Å². The highest BCUT2D eigenvalue weighted by atomic mass is 79.9. The molecule has 0 radical (unpaired) electrons. The Morgan fingerprint density at radius 2 is 2.15 bits per heavy atom. The standard InChI is InChI=1S/C9H6BrFO2/c1-5(13)7-2-6(11)3-9(10)8(7)4-12/h2-4H,1H3. The highest BCUT2D eigenvalue weighted by Gasteiger charge is 2.11. The Balaban J connectivity index is 3.46. The van der Waals surface area contributed by atoms with E-state index in [2.05, 4.69) is 15.9 Å². The van der Waals surface area contributed by atoms with E-state index in [1.807, 2.05) is 0 Å². The van der Waals surface area contributed by atoms with Crippen LogP contribution < -0.4 is 0 Å². The van der Waals surface area contributed by atoms with Gasteiger partial charge in [-0.25, -0.2) is 4.39 Å². The highest BCUT2D eigenvalue weighted by molar-refractivity contribution is 9.10. The zero-order valence-corrected chi connectivity index (χ0v) is 8.39. The summed E-state index contributed by atoms with van der Waals surface area (Å²) in [7, 11) is 0. The molecule has 1 aromatic rings. The van der Waals surface area contributed by atoms with E-state index in [1.54, 1.807) is 0 Å². The fourth-order valence-electron chi connectivity index (χ4n) is 0.996. The van der Waals surface area contributed by atoms with Gasteiger partial charge in [0, 0.05) is 15.6 Å². The Hall–Kier alpha value is -1.03. The molecule has 0 aliphatic rings. The van der Waals surface area contributed by atoms with E-state index in [4.69, 9.17) is 0 Å². The molecule has 2 nitrogen and oxygen atoms in total. The number of carbonyl (C=O) groups is 2. The largest absolute Gasteiger partial charge is 0.298 e. The van der Waals surface area contributed by atoms with Crippen molar-refractivity contribution in [3.63, 3.8) is 0 Å². The number of aldehydes is 1. The van der Waals surface area contributed by atoms with E-state index >= 15 is 0 Å². The molecule has 0 bridgehead atoms. The summed E-state index contributed by atoms with van der Waals surface area (Å²) in [6.07, 6.45) is 0.528. The van der Waals surface area contributed by atoms with Gasteiger partial charge in [0.25, 0.3) is 0 Å². The third kappa shape index (κ3) is 2.01. The maximum atomic E-state index is 12.8. The first-order valence-corrected chi connectivity index (χ1v) is 4.30. The van der Waals surface area contributed by atoms with Gasteiger partial charge in [0.15, 0.2) is 12.1 Å². The van der Waals surface area contributed by atoms with Crippen LogP contribution in [0.3, 0.4) is 0 Å². The van der Waals surface area contributed by atoms with Crippen LogP contribution in [0.4, 0.5) is 4.39 Å². The molecule has 13 heavy (non-hydrogen) atoms. The summed E-state index contributed by atoms with van der Waals surface area (Å²) in [6.45, 7) is 1.29. The second-order valence-electron chi connectivity index (χ2n) is 2.52. The molecule has 0 aromatic heterocycles. The Kier molecular flexibility index (Phi) is 2.93. The van der Waals surface area contributed by atoms with Gasteiger partial charge in [-0.05, 0) is 35.0 Å². The van der Waals surface area contributed by atoms with Crippen molar-refractivity contribution in [1.82, 2.24) is 0 Å². The third-order valence-corrected chi connectivity index (χ3v) is 2.25. The molecule has 0 atom stereocenters. The molecule has 0 fully saturated rings. The maximum Gasteiger partial charge on any atom is 0.160 e. The highest BCUT2D eigenvalue weighted by Crippen LogP contribution is 2.21. The van der Waals surface area contributed by atoms with Crippen molar-refractivity contribution >= 4 is 28.0 Å². The van der Waals surface area contributed by atoms with Gasteiger partial charge in [0.1, 0.15) is 5.82 Å². The number of hydrogen-bond acceptors (Lipinski definition) is 2. The van der Waals surface area contributed by atoms with Gasteiger partial charge in [-0.15, -0.1) is 0 Å². The molecule has 0 N–H and O–H groups in total. The van der Waals surface area contributed by atoms with E-state index < -0.39 is 5.82 Å². The molecule has 0 saturated carbocycles. The normalized spacial score (nSPS) is 9.77. The van der Waals surface area contributed by atoms with Gasteiger partial charge in [0.2, 0.25) is 0 Å².